The van der Waals surface area contributed by atoms with Crippen molar-refractivity contribution in [2.45, 2.75) is 19.4 Å². The number of dihydropyridines is 1. The maximum atomic E-state index is 4.53. The van der Waals surface area contributed by atoms with E-state index in [1.807, 2.05) is 12.3 Å². The summed E-state index contributed by atoms with van der Waals surface area (Å²) in [6, 6.07) is 10.5. The Hall–Kier alpha value is -2.39. The molecule has 1 aliphatic carbocycles. The second kappa shape index (κ2) is 6.39. The van der Waals surface area contributed by atoms with Crippen molar-refractivity contribution in [2.24, 2.45) is 0 Å². The Bertz CT molecular complexity index is 815. The van der Waals surface area contributed by atoms with Crippen LogP contribution in [-0.4, -0.2) is 18.1 Å². The summed E-state index contributed by atoms with van der Waals surface area (Å²) in [6.07, 6.45) is 11.1. The van der Waals surface area contributed by atoms with Gasteiger partial charge in [-0.1, -0.05) is 36.4 Å². The second-order valence-corrected chi connectivity index (χ2v) is 6.15. The summed E-state index contributed by atoms with van der Waals surface area (Å²) in [7, 11) is 0. The number of nitrogens with zero attached hydrogens (tertiary/aromatic N) is 1. The molecule has 23 heavy (non-hydrogen) atoms. The van der Waals surface area contributed by atoms with Crippen LogP contribution in [0.5, 0.6) is 0 Å². The van der Waals surface area contributed by atoms with Crippen molar-refractivity contribution in [3.63, 3.8) is 0 Å². The Labute approximate surface area is 136 Å². The van der Waals surface area contributed by atoms with Crippen LogP contribution in [0.2, 0.25) is 0 Å². The van der Waals surface area contributed by atoms with E-state index in [9.17, 15) is 0 Å². The van der Waals surface area contributed by atoms with Crippen molar-refractivity contribution >= 4 is 10.8 Å². The lowest BCUT2D eigenvalue weighted by Crippen LogP contribution is -2.29. The largest absolute Gasteiger partial charge is 0.384 e. The smallest absolute Gasteiger partial charge is 0.0548 e. The van der Waals surface area contributed by atoms with Gasteiger partial charge in [0.2, 0.25) is 0 Å². The molecular weight excluding hydrogens is 282 g/mol. The molecule has 4 rings (SSSR count). The van der Waals surface area contributed by atoms with Crippen molar-refractivity contribution in [3.8, 4) is 0 Å². The molecule has 1 aromatic heterocycles. The van der Waals surface area contributed by atoms with Gasteiger partial charge < -0.3 is 10.6 Å². The van der Waals surface area contributed by atoms with Gasteiger partial charge in [0.15, 0.2) is 0 Å². The first-order valence-electron chi connectivity index (χ1n) is 8.26. The van der Waals surface area contributed by atoms with Crippen LogP contribution in [0.3, 0.4) is 0 Å². The third-order valence-electron chi connectivity index (χ3n) is 4.49. The van der Waals surface area contributed by atoms with Gasteiger partial charge >= 0.3 is 0 Å². The average Bonchev–Trinajstić information content (AvgIpc) is 2.61. The number of rotatable bonds is 4. The minimum Gasteiger partial charge on any atom is -0.384 e. The lowest BCUT2D eigenvalue weighted by molar-refractivity contribution is 0.672. The van der Waals surface area contributed by atoms with E-state index in [2.05, 4.69) is 58.1 Å². The molecule has 1 aromatic carbocycles. The molecule has 2 aliphatic rings. The zero-order chi connectivity index (χ0) is 15.5. The number of hydrogen-bond acceptors (Lipinski definition) is 3. The molecule has 3 nitrogen and oxygen atoms in total. The van der Waals surface area contributed by atoms with Crippen LogP contribution >= 0.6 is 0 Å². The van der Waals surface area contributed by atoms with Crippen molar-refractivity contribution < 1.29 is 0 Å². The fourth-order valence-electron chi connectivity index (χ4n) is 3.19. The Balaban J connectivity index is 1.39. The normalized spacial score (nSPS) is 17.0. The fourth-order valence-corrected chi connectivity index (χ4v) is 3.19. The van der Waals surface area contributed by atoms with Gasteiger partial charge in [0, 0.05) is 36.9 Å². The topological polar surface area (TPSA) is 37.0 Å². The molecule has 0 fully saturated rings. The van der Waals surface area contributed by atoms with Crippen LogP contribution in [-0.2, 0) is 6.54 Å². The fraction of sp³-hybridized carbons (Fsp3) is 0.250. The predicted molar refractivity (Wildman–Crippen MR) is 94.9 cm³/mol. The molecule has 0 saturated carbocycles. The molecule has 0 atom stereocenters. The molecule has 0 amide bonds. The lowest BCUT2D eigenvalue weighted by atomic mass is 9.94. The molecule has 2 aromatic rings. The molecule has 116 valence electrons. The third-order valence-corrected chi connectivity index (χ3v) is 4.49. The summed E-state index contributed by atoms with van der Waals surface area (Å²) in [5, 5.41) is 9.45. The van der Waals surface area contributed by atoms with Crippen LogP contribution in [0.25, 0.3) is 10.8 Å². The first kappa shape index (κ1) is 14.2. The number of nitrogens with one attached hydrogen (secondary N) is 2. The van der Waals surface area contributed by atoms with E-state index in [0.29, 0.717) is 0 Å². The van der Waals surface area contributed by atoms with E-state index in [0.717, 1.165) is 25.3 Å². The van der Waals surface area contributed by atoms with Gasteiger partial charge in [-0.3, -0.25) is 4.98 Å². The molecule has 3 heteroatoms. The van der Waals surface area contributed by atoms with Gasteiger partial charge in [-0.2, -0.15) is 0 Å². The number of fused-ring (bicyclic) bond motifs is 1. The zero-order valence-corrected chi connectivity index (χ0v) is 13.2. The predicted octanol–water partition coefficient (Wildman–Crippen LogP) is 3.46. The minimum atomic E-state index is 0.783. The number of allylic oxidation sites excluding steroid dienone is 4. The highest BCUT2D eigenvalue weighted by atomic mass is 15.0. The molecule has 2 heterocycles. The summed E-state index contributed by atoms with van der Waals surface area (Å²) < 4.78 is 0. The van der Waals surface area contributed by atoms with E-state index in [1.165, 1.54) is 40.5 Å². The van der Waals surface area contributed by atoms with E-state index in [1.54, 1.807) is 0 Å². The average molecular weight is 303 g/mol. The van der Waals surface area contributed by atoms with Gasteiger partial charge in [-0.25, -0.2) is 0 Å². The third kappa shape index (κ3) is 3.20. The summed E-state index contributed by atoms with van der Waals surface area (Å²) in [4.78, 5) is 4.53. The number of aromatic nitrogens is 1. The summed E-state index contributed by atoms with van der Waals surface area (Å²) in [5.74, 6) is 0. The molecule has 2 N–H and O–H groups in total. The quantitative estimate of drug-likeness (QED) is 0.908. The number of benzene rings is 1. The Morgan fingerprint density at radius 2 is 2.04 bits per heavy atom. The van der Waals surface area contributed by atoms with Crippen LogP contribution in [0.1, 0.15) is 18.5 Å². The molecule has 0 spiro atoms. The van der Waals surface area contributed by atoms with Gasteiger partial charge in [0.25, 0.3) is 0 Å². The minimum absolute atomic E-state index is 0.783. The lowest BCUT2D eigenvalue weighted by Gasteiger charge is -2.23. The monoisotopic (exact) mass is 303 g/mol. The number of pyridine rings is 1. The van der Waals surface area contributed by atoms with Crippen LogP contribution in [0.4, 0.5) is 0 Å². The van der Waals surface area contributed by atoms with Crippen molar-refractivity contribution in [1.82, 2.24) is 15.6 Å². The molecule has 0 bridgehead atoms. The highest BCUT2D eigenvalue weighted by Gasteiger charge is 2.12. The first-order valence-corrected chi connectivity index (χ1v) is 8.26. The highest BCUT2D eigenvalue weighted by Crippen LogP contribution is 2.23. The van der Waals surface area contributed by atoms with Crippen LogP contribution < -0.4 is 10.6 Å². The van der Waals surface area contributed by atoms with Crippen molar-refractivity contribution in [2.75, 3.05) is 13.1 Å². The first-order chi connectivity index (χ1) is 11.4. The zero-order valence-electron chi connectivity index (χ0n) is 13.2. The van der Waals surface area contributed by atoms with Gasteiger partial charge in [-0.15, -0.1) is 0 Å². The summed E-state index contributed by atoms with van der Waals surface area (Å²) in [5.41, 5.74) is 5.27. The standard InChI is InChI=1S/C20H21N3/c1-3-7-17-11-22-19(9-15(17)5-1)13-21-14-20-10-16-6-2-4-8-18(16)12-23-20/h1-3,5-7,9-11,21,23H,4,8,12-14H2. The molecule has 1 aliphatic heterocycles. The SMILES string of the molecule is C1=CC2=C(CC1)CNC(CNCc1cc3ccccc3cn1)=C2. The Morgan fingerprint density at radius 1 is 1.13 bits per heavy atom. The van der Waals surface area contributed by atoms with E-state index in [-0.39, 0.29) is 0 Å². The van der Waals surface area contributed by atoms with Crippen LogP contribution in [0, 0.1) is 0 Å². The Morgan fingerprint density at radius 3 is 3.00 bits per heavy atom. The molecule has 0 radical (unpaired) electrons. The molecule has 0 saturated heterocycles. The van der Waals surface area contributed by atoms with Gasteiger partial charge in [0.1, 0.15) is 0 Å². The van der Waals surface area contributed by atoms with Gasteiger partial charge in [-0.05, 0) is 41.5 Å². The Kier molecular flexibility index (Phi) is 3.95. The number of hydrogen-bond donors (Lipinski definition) is 2. The molecular formula is C20H21N3. The van der Waals surface area contributed by atoms with Crippen molar-refractivity contribution in [3.05, 3.63) is 77.3 Å². The second-order valence-electron chi connectivity index (χ2n) is 6.15. The van der Waals surface area contributed by atoms with Gasteiger partial charge in [0.05, 0.1) is 5.69 Å². The van der Waals surface area contributed by atoms with E-state index >= 15 is 0 Å². The summed E-state index contributed by atoms with van der Waals surface area (Å²) >= 11 is 0. The van der Waals surface area contributed by atoms with Crippen molar-refractivity contribution in [1.29, 1.82) is 0 Å². The van der Waals surface area contributed by atoms with E-state index < -0.39 is 0 Å². The van der Waals surface area contributed by atoms with E-state index in [4.69, 9.17) is 0 Å². The maximum Gasteiger partial charge on any atom is 0.0548 e. The summed E-state index contributed by atoms with van der Waals surface area (Å²) in [6.45, 7) is 2.62. The van der Waals surface area contributed by atoms with Crippen LogP contribution in [0.15, 0.2) is 71.6 Å². The maximum absolute atomic E-state index is 4.53. The molecule has 0 unspecified atom stereocenters. The highest BCUT2D eigenvalue weighted by molar-refractivity contribution is 5.81.